The first kappa shape index (κ1) is 13.6. The van der Waals surface area contributed by atoms with Crippen LogP contribution in [0.1, 0.15) is 18.9 Å². The van der Waals surface area contributed by atoms with Crippen molar-refractivity contribution in [1.29, 1.82) is 0 Å². The van der Waals surface area contributed by atoms with Gasteiger partial charge in [0.25, 0.3) is 0 Å². The Balaban J connectivity index is 2.34. The highest BCUT2D eigenvalue weighted by Crippen LogP contribution is 2.27. The molecule has 1 aromatic rings. The minimum absolute atomic E-state index is 0.190. The summed E-state index contributed by atoms with van der Waals surface area (Å²) in [4.78, 5) is 14.1. The number of ketones is 1. The van der Waals surface area contributed by atoms with Gasteiger partial charge in [-0.3, -0.25) is 9.69 Å². The molecule has 0 bridgehead atoms. The van der Waals surface area contributed by atoms with E-state index in [1.807, 2.05) is 6.08 Å². The first-order chi connectivity index (χ1) is 8.61. The fraction of sp³-hybridized carbons (Fsp3) is 0.357. The molecule has 0 saturated carbocycles. The monoisotopic (exact) mass is 283 g/mol. The van der Waals surface area contributed by atoms with Crippen LogP contribution >= 0.6 is 23.2 Å². The Kier molecular flexibility index (Phi) is 4.44. The van der Waals surface area contributed by atoms with E-state index >= 15 is 0 Å². The number of carbonyl (C=O) groups is 1. The molecule has 1 aliphatic heterocycles. The molecule has 0 spiro atoms. The lowest BCUT2D eigenvalue weighted by molar-refractivity contribution is -0.117. The minimum atomic E-state index is 0.190. The zero-order valence-corrected chi connectivity index (χ0v) is 11.8. The predicted molar refractivity (Wildman–Crippen MR) is 76.2 cm³/mol. The number of piperidine rings is 1. The summed E-state index contributed by atoms with van der Waals surface area (Å²) in [6, 6.07) is 5.36. The molecular formula is C14H15Cl2NO. The number of hydrogen-bond acceptors (Lipinski definition) is 2. The van der Waals surface area contributed by atoms with E-state index < -0.39 is 0 Å². The number of hydrogen-bond donors (Lipinski definition) is 0. The number of carbonyl (C=O) groups excluding carboxylic acids is 1. The van der Waals surface area contributed by atoms with E-state index in [2.05, 4.69) is 11.8 Å². The van der Waals surface area contributed by atoms with Gasteiger partial charge in [0.1, 0.15) is 0 Å². The second kappa shape index (κ2) is 5.87. The zero-order valence-electron chi connectivity index (χ0n) is 10.2. The fourth-order valence-corrected chi connectivity index (χ4v) is 2.55. The maximum atomic E-state index is 11.9. The Hall–Kier alpha value is -0.830. The van der Waals surface area contributed by atoms with Crippen molar-refractivity contribution in [2.45, 2.75) is 13.3 Å². The number of Topliss-reactive ketones (excluding diaryl/α,β-unsaturated/α-hetero) is 1. The largest absolute Gasteiger partial charge is 0.299 e. The van der Waals surface area contributed by atoms with Gasteiger partial charge in [0, 0.05) is 40.7 Å². The third-order valence-corrected chi connectivity index (χ3v) is 3.83. The van der Waals surface area contributed by atoms with Crippen LogP contribution in [0.3, 0.4) is 0 Å². The van der Waals surface area contributed by atoms with Crippen molar-refractivity contribution in [2.75, 3.05) is 19.6 Å². The molecule has 0 atom stereocenters. The summed E-state index contributed by atoms with van der Waals surface area (Å²) in [5, 5.41) is 1.16. The SMILES string of the molecule is CCN1CCC(=O)/C(=C/c2c(Cl)cccc2Cl)C1. The summed E-state index contributed by atoms with van der Waals surface area (Å²) in [7, 11) is 0. The zero-order chi connectivity index (χ0) is 13.1. The molecule has 4 heteroatoms. The van der Waals surface area contributed by atoms with Crippen LogP contribution in [0.2, 0.25) is 10.0 Å². The van der Waals surface area contributed by atoms with Crippen LogP contribution in [0.15, 0.2) is 23.8 Å². The molecule has 1 saturated heterocycles. The maximum Gasteiger partial charge on any atom is 0.161 e. The Bertz CT molecular complexity index is 476. The van der Waals surface area contributed by atoms with E-state index in [-0.39, 0.29) is 5.78 Å². The van der Waals surface area contributed by atoms with Gasteiger partial charge < -0.3 is 0 Å². The molecule has 0 unspecified atom stereocenters. The van der Waals surface area contributed by atoms with Crippen LogP contribution < -0.4 is 0 Å². The van der Waals surface area contributed by atoms with Crippen molar-refractivity contribution in [3.63, 3.8) is 0 Å². The first-order valence-corrected chi connectivity index (χ1v) is 6.77. The van der Waals surface area contributed by atoms with Crippen molar-refractivity contribution < 1.29 is 4.79 Å². The average molecular weight is 284 g/mol. The molecule has 1 aromatic carbocycles. The van der Waals surface area contributed by atoms with Crippen LogP contribution in [0.5, 0.6) is 0 Å². The highest BCUT2D eigenvalue weighted by molar-refractivity contribution is 6.37. The Morgan fingerprint density at radius 3 is 2.61 bits per heavy atom. The van der Waals surface area contributed by atoms with Gasteiger partial charge in [-0.15, -0.1) is 0 Å². The highest BCUT2D eigenvalue weighted by atomic mass is 35.5. The number of likely N-dealkylation sites (N-methyl/N-ethyl adjacent to an activating group) is 1. The average Bonchev–Trinajstić information content (AvgIpc) is 2.36. The Labute approximate surface area is 117 Å². The van der Waals surface area contributed by atoms with Crippen molar-refractivity contribution in [2.24, 2.45) is 0 Å². The quantitative estimate of drug-likeness (QED) is 0.772. The predicted octanol–water partition coefficient (Wildman–Crippen LogP) is 3.67. The van der Waals surface area contributed by atoms with Gasteiger partial charge in [-0.2, -0.15) is 0 Å². The number of halogens is 2. The number of rotatable bonds is 2. The second-order valence-corrected chi connectivity index (χ2v) is 5.16. The van der Waals surface area contributed by atoms with Crippen LogP contribution in [0.25, 0.3) is 6.08 Å². The molecule has 0 N–H and O–H groups in total. The first-order valence-electron chi connectivity index (χ1n) is 6.02. The molecule has 2 nitrogen and oxygen atoms in total. The summed E-state index contributed by atoms with van der Waals surface area (Å²) in [5.41, 5.74) is 1.53. The van der Waals surface area contributed by atoms with Gasteiger partial charge in [-0.25, -0.2) is 0 Å². The summed E-state index contributed by atoms with van der Waals surface area (Å²) in [5.74, 6) is 0.190. The van der Waals surface area contributed by atoms with Crippen LogP contribution in [0.4, 0.5) is 0 Å². The smallest absolute Gasteiger partial charge is 0.161 e. The number of nitrogens with zero attached hydrogens (tertiary/aromatic N) is 1. The van der Waals surface area contributed by atoms with Gasteiger partial charge >= 0.3 is 0 Å². The van der Waals surface area contributed by atoms with Crippen molar-refractivity contribution >= 4 is 35.1 Å². The molecular weight excluding hydrogens is 269 g/mol. The number of benzene rings is 1. The molecule has 0 aliphatic carbocycles. The molecule has 1 heterocycles. The molecule has 0 aromatic heterocycles. The van der Waals surface area contributed by atoms with E-state index in [9.17, 15) is 4.79 Å². The summed E-state index contributed by atoms with van der Waals surface area (Å²) in [6.45, 7) is 4.55. The van der Waals surface area contributed by atoms with Crippen LogP contribution in [-0.2, 0) is 4.79 Å². The lowest BCUT2D eigenvalue weighted by Crippen LogP contribution is -2.35. The van der Waals surface area contributed by atoms with E-state index in [1.54, 1.807) is 18.2 Å². The van der Waals surface area contributed by atoms with Crippen LogP contribution in [0, 0.1) is 0 Å². The molecule has 1 aliphatic rings. The van der Waals surface area contributed by atoms with Crippen molar-refractivity contribution in [3.05, 3.63) is 39.4 Å². The van der Waals surface area contributed by atoms with Gasteiger partial charge in [-0.05, 0) is 24.8 Å². The summed E-state index contributed by atoms with van der Waals surface area (Å²) in [6.07, 6.45) is 2.40. The minimum Gasteiger partial charge on any atom is -0.299 e. The third kappa shape index (κ3) is 2.94. The van der Waals surface area contributed by atoms with Crippen LogP contribution in [-0.4, -0.2) is 30.3 Å². The molecule has 96 valence electrons. The van der Waals surface area contributed by atoms with Gasteiger partial charge in [0.2, 0.25) is 0 Å². The Morgan fingerprint density at radius 2 is 2.00 bits per heavy atom. The molecule has 18 heavy (non-hydrogen) atoms. The standard InChI is InChI=1S/C14H15Cl2NO/c1-2-17-7-6-14(18)10(9-17)8-11-12(15)4-3-5-13(11)16/h3-5,8H,2,6-7,9H2,1H3/b10-8+. The van der Waals surface area contributed by atoms with Gasteiger partial charge in [0.05, 0.1) is 0 Å². The highest BCUT2D eigenvalue weighted by Gasteiger charge is 2.20. The Morgan fingerprint density at radius 1 is 1.33 bits per heavy atom. The molecule has 2 rings (SSSR count). The van der Waals surface area contributed by atoms with Crippen molar-refractivity contribution in [3.8, 4) is 0 Å². The van der Waals surface area contributed by atoms with Gasteiger partial charge in [-0.1, -0.05) is 36.2 Å². The lowest BCUT2D eigenvalue weighted by Gasteiger charge is -2.26. The third-order valence-electron chi connectivity index (χ3n) is 3.17. The van der Waals surface area contributed by atoms with E-state index in [0.29, 0.717) is 23.0 Å². The van der Waals surface area contributed by atoms with E-state index in [4.69, 9.17) is 23.2 Å². The lowest BCUT2D eigenvalue weighted by atomic mass is 10.0. The maximum absolute atomic E-state index is 11.9. The second-order valence-electron chi connectivity index (χ2n) is 4.35. The molecule has 1 fully saturated rings. The number of likely N-dealkylation sites (tertiary alicyclic amines) is 1. The van der Waals surface area contributed by atoms with Crippen molar-refractivity contribution in [1.82, 2.24) is 4.90 Å². The fourth-order valence-electron chi connectivity index (χ4n) is 2.05. The topological polar surface area (TPSA) is 20.3 Å². The molecule has 0 radical (unpaired) electrons. The van der Waals surface area contributed by atoms with E-state index in [0.717, 1.165) is 24.2 Å². The summed E-state index contributed by atoms with van der Waals surface area (Å²) < 4.78 is 0. The normalized spacial score (nSPS) is 19.5. The van der Waals surface area contributed by atoms with E-state index in [1.165, 1.54) is 0 Å². The van der Waals surface area contributed by atoms with Gasteiger partial charge in [0.15, 0.2) is 5.78 Å². The molecule has 0 amide bonds. The summed E-state index contributed by atoms with van der Waals surface area (Å²) >= 11 is 12.2.